The third kappa shape index (κ3) is 4.18. The number of aromatic nitrogens is 1. The van der Waals surface area contributed by atoms with Gasteiger partial charge in [-0.2, -0.15) is 0 Å². The summed E-state index contributed by atoms with van der Waals surface area (Å²) in [7, 11) is 0. The minimum absolute atomic E-state index is 0.148. The van der Waals surface area contributed by atoms with E-state index in [1.54, 1.807) is 16.8 Å². The molecular formula is C20H16BrN2O+. The van der Waals surface area contributed by atoms with Crippen molar-refractivity contribution >= 4 is 34.0 Å². The Morgan fingerprint density at radius 1 is 0.875 bits per heavy atom. The van der Waals surface area contributed by atoms with E-state index in [1.165, 1.54) is 0 Å². The average molecular weight is 380 g/mol. The van der Waals surface area contributed by atoms with Gasteiger partial charge in [-0.05, 0) is 42.0 Å². The highest BCUT2D eigenvalue weighted by atomic mass is 79.9. The van der Waals surface area contributed by atoms with Gasteiger partial charge in [0.2, 0.25) is 11.9 Å². The molecule has 0 aliphatic heterocycles. The molecule has 0 unspecified atom stereocenters. The van der Waals surface area contributed by atoms with Crippen molar-refractivity contribution in [1.29, 1.82) is 0 Å². The number of hydrogen-bond donors (Lipinski definition) is 1. The van der Waals surface area contributed by atoms with Crippen LogP contribution in [-0.2, 0) is 0 Å². The summed E-state index contributed by atoms with van der Waals surface area (Å²) in [5.74, 6) is -0.148. The number of rotatable bonds is 4. The first-order chi connectivity index (χ1) is 11.7. The highest BCUT2D eigenvalue weighted by Crippen LogP contribution is 2.12. The van der Waals surface area contributed by atoms with Crippen LogP contribution in [0.4, 0.5) is 0 Å². The topological polar surface area (TPSA) is 33.0 Å². The molecule has 2 aromatic carbocycles. The fourth-order valence-electron chi connectivity index (χ4n) is 2.21. The van der Waals surface area contributed by atoms with Gasteiger partial charge in [0, 0.05) is 28.2 Å². The summed E-state index contributed by atoms with van der Waals surface area (Å²) in [5.41, 5.74) is 5.48. The number of nitrogens with one attached hydrogen (secondary N) is 1. The molecule has 0 aliphatic rings. The summed E-state index contributed by atoms with van der Waals surface area (Å²) in [4.78, 5) is 12.3. The summed E-state index contributed by atoms with van der Waals surface area (Å²) in [6.45, 7) is 0. The van der Waals surface area contributed by atoms with Crippen LogP contribution in [0.1, 0.15) is 21.6 Å². The Hall–Kier alpha value is -2.72. The molecule has 0 saturated carbocycles. The molecule has 0 aliphatic carbocycles. The van der Waals surface area contributed by atoms with Gasteiger partial charge in [-0.25, -0.2) is 0 Å². The van der Waals surface area contributed by atoms with Crippen LogP contribution in [0, 0.1) is 0 Å². The number of carbonyl (C=O) groups is 1. The van der Waals surface area contributed by atoms with Gasteiger partial charge in [0.15, 0.2) is 0 Å². The Bertz CT molecular complexity index is 858. The maximum atomic E-state index is 12.3. The molecule has 0 atom stereocenters. The lowest BCUT2D eigenvalue weighted by Gasteiger charge is -2.02. The van der Waals surface area contributed by atoms with Crippen molar-refractivity contribution < 1.29 is 9.47 Å². The number of hydrogen-bond acceptors (Lipinski definition) is 1. The molecule has 1 heterocycles. The number of nitrogens with zero attached hydrogens (tertiary/aromatic N) is 1. The number of pyridine rings is 1. The van der Waals surface area contributed by atoms with Gasteiger partial charge >= 0.3 is 5.91 Å². The van der Waals surface area contributed by atoms with Crippen molar-refractivity contribution in [3.8, 4) is 0 Å². The Morgan fingerprint density at radius 3 is 2.33 bits per heavy atom. The maximum Gasteiger partial charge on any atom is 0.305 e. The zero-order valence-corrected chi connectivity index (χ0v) is 14.5. The van der Waals surface area contributed by atoms with E-state index in [0.717, 1.165) is 15.7 Å². The maximum absolute atomic E-state index is 12.3. The standard InChI is InChI=1S/C20H15BrN2O/c21-18-12-9-16(10-13-18)11-14-19-8-4-5-15-23(19)22-20(24)17-6-2-1-3-7-17/h1-15H/p+1/b14-11+. The molecule has 0 radical (unpaired) electrons. The second kappa shape index (κ2) is 7.70. The van der Waals surface area contributed by atoms with Gasteiger partial charge < -0.3 is 0 Å². The summed E-state index contributed by atoms with van der Waals surface area (Å²) in [6, 6.07) is 23.0. The number of halogens is 1. The molecule has 3 aromatic rings. The molecule has 0 saturated heterocycles. The van der Waals surface area contributed by atoms with Crippen molar-refractivity contribution in [1.82, 2.24) is 0 Å². The molecule has 0 bridgehead atoms. The molecule has 3 nitrogen and oxygen atoms in total. The van der Waals surface area contributed by atoms with Crippen LogP contribution in [0.25, 0.3) is 12.2 Å². The lowest BCUT2D eigenvalue weighted by Crippen LogP contribution is -2.50. The van der Waals surface area contributed by atoms with Crippen molar-refractivity contribution in [2.75, 3.05) is 5.43 Å². The summed E-state index contributed by atoms with van der Waals surface area (Å²) < 4.78 is 2.76. The zero-order valence-electron chi connectivity index (χ0n) is 12.9. The molecule has 4 heteroatoms. The highest BCUT2D eigenvalue weighted by Gasteiger charge is 2.13. The van der Waals surface area contributed by atoms with E-state index in [1.807, 2.05) is 79.0 Å². The minimum atomic E-state index is -0.148. The Kier molecular flexibility index (Phi) is 5.18. The lowest BCUT2D eigenvalue weighted by molar-refractivity contribution is -0.643. The molecule has 1 N–H and O–H groups in total. The van der Waals surface area contributed by atoms with Crippen LogP contribution in [0.15, 0.2) is 83.5 Å². The Balaban J connectivity index is 1.80. The lowest BCUT2D eigenvalue weighted by atomic mass is 10.2. The molecule has 0 fully saturated rings. The average Bonchev–Trinajstić information content (AvgIpc) is 2.63. The first-order valence-corrected chi connectivity index (χ1v) is 8.32. The van der Waals surface area contributed by atoms with Crippen molar-refractivity contribution in [2.45, 2.75) is 0 Å². The molecule has 24 heavy (non-hydrogen) atoms. The first-order valence-electron chi connectivity index (χ1n) is 7.53. The largest absolute Gasteiger partial charge is 0.305 e. The minimum Gasteiger partial charge on any atom is -0.264 e. The van der Waals surface area contributed by atoms with E-state index < -0.39 is 0 Å². The van der Waals surface area contributed by atoms with E-state index in [-0.39, 0.29) is 5.91 Å². The molecular weight excluding hydrogens is 364 g/mol. The van der Waals surface area contributed by atoms with E-state index in [0.29, 0.717) is 5.56 Å². The van der Waals surface area contributed by atoms with Gasteiger partial charge in [-0.3, -0.25) is 4.79 Å². The molecule has 0 spiro atoms. The summed E-state index contributed by atoms with van der Waals surface area (Å²) >= 11 is 3.43. The summed E-state index contributed by atoms with van der Waals surface area (Å²) in [5, 5.41) is 0. The predicted molar refractivity (Wildman–Crippen MR) is 99.8 cm³/mol. The first kappa shape index (κ1) is 16.1. The second-order valence-electron chi connectivity index (χ2n) is 5.19. The smallest absolute Gasteiger partial charge is 0.264 e. The van der Waals surface area contributed by atoms with Crippen molar-refractivity contribution in [2.24, 2.45) is 0 Å². The van der Waals surface area contributed by atoms with E-state index in [2.05, 4.69) is 21.4 Å². The van der Waals surface area contributed by atoms with Crippen molar-refractivity contribution in [3.05, 3.63) is 100 Å². The van der Waals surface area contributed by atoms with E-state index in [9.17, 15) is 4.79 Å². The summed E-state index contributed by atoms with van der Waals surface area (Å²) in [6.07, 6.45) is 5.80. The third-order valence-corrected chi connectivity index (χ3v) is 3.99. The quantitative estimate of drug-likeness (QED) is 0.673. The number of benzene rings is 2. The van der Waals surface area contributed by atoms with Gasteiger partial charge in [0.05, 0.1) is 0 Å². The molecule has 118 valence electrons. The fraction of sp³-hybridized carbons (Fsp3) is 0. The van der Waals surface area contributed by atoms with Gasteiger partial charge in [0.1, 0.15) is 0 Å². The third-order valence-electron chi connectivity index (χ3n) is 3.47. The highest BCUT2D eigenvalue weighted by molar-refractivity contribution is 9.10. The molecule has 1 amide bonds. The zero-order chi connectivity index (χ0) is 16.8. The predicted octanol–water partition coefficient (Wildman–Crippen LogP) is 4.29. The monoisotopic (exact) mass is 379 g/mol. The van der Waals surface area contributed by atoms with Crippen LogP contribution < -0.4 is 10.1 Å². The van der Waals surface area contributed by atoms with Gasteiger partial charge in [-0.15, -0.1) is 5.43 Å². The SMILES string of the molecule is O=C(N[n+]1ccccc1/C=C/c1ccc(Br)cc1)c1ccccc1. The van der Waals surface area contributed by atoms with Gasteiger partial charge in [-0.1, -0.05) is 50.9 Å². The van der Waals surface area contributed by atoms with Gasteiger partial charge in [0.25, 0.3) is 0 Å². The molecule has 1 aromatic heterocycles. The van der Waals surface area contributed by atoms with Crippen LogP contribution in [-0.4, -0.2) is 5.91 Å². The number of carbonyl (C=O) groups excluding carboxylic acids is 1. The Labute approximate surface area is 149 Å². The molecule has 3 rings (SSSR count). The number of amides is 1. The second-order valence-corrected chi connectivity index (χ2v) is 6.10. The van der Waals surface area contributed by atoms with Crippen LogP contribution >= 0.6 is 15.9 Å². The van der Waals surface area contributed by atoms with Crippen LogP contribution in [0.3, 0.4) is 0 Å². The fourth-order valence-corrected chi connectivity index (χ4v) is 2.48. The van der Waals surface area contributed by atoms with Crippen LogP contribution in [0.5, 0.6) is 0 Å². The van der Waals surface area contributed by atoms with Crippen LogP contribution in [0.2, 0.25) is 0 Å². The normalized spacial score (nSPS) is 10.7. The van der Waals surface area contributed by atoms with E-state index in [4.69, 9.17) is 0 Å². The van der Waals surface area contributed by atoms with E-state index >= 15 is 0 Å². The van der Waals surface area contributed by atoms with Crippen molar-refractivity contribution in [3.63, 3.8) is 0 Å². The Morgan fingerprint density at radius 2 is 1.58 bits per heavy atom.